The van der Waals surface area contributed by atoms with E-state index in [0.29, 0.717) is 6.54 Å². The smallest absolute Gasteiger partial charge is 0.239 e. The van der Waals surface area contributed by atoms with Crippen LogP contribution in [0, 0.1) is 0 Å². The molecule has 3 aromatic rings. The van der Waals surface area contributed by atoms with Crippen LogP contribution in [0.5, 0.6) is 11.5 Å². The molecule has 0 unspecified atom stereocenters. The lowest BCUT2D eigenvalue weighted by atomic mass is 10.1. The van der Waals surface area contributed by atoms with Gasteiger partial charge in [-0.2, -0.15) is 5.10 Å². The highest BCUT2D eigenvalue weighted by Gasteiger charge is 2.31. The van der Waals surface area contributed by atoms with Crippen LogP contribution < -0.4 is 9.47 Å². The zero-order chi connectivity index (χ0) is 21.4. The van der Waals surface area contributed by atoms with Crippen molar-refractivity contribution < 1.29 is 14.3 Å². The van der Waals surface area contributed by atoms with Crippen LogP contribution >= 0.6 is 0 Å². The van der Waals surface area contributed by atoms with Crippen molar-refractivity contribution in [3.63, 3.8) is 0 Å². The number of rotatable bonds is 5. The quantitative estimate of drug-likeness (QED) is 0.636. The van der Waals surface area contributed by atoms with E-state index >= 15 is 0 Å². The second-order valence-corrected chi connectivity index (χ2v) is 7.92. The van der Waals surface area contributed by atoms with Crippen molar-refractivity contribution in [2.45, 2.75) is 26.4 Å². The number of fused-ring (bicyclic) bond motifs is 1. The first-order chi connectivity index (χ1) is 15.1. The number of likely N-dealkylation sites (N-methyl/N-ethyl adjacent to an activating group) is 1. The molecule has 0 saturated carbocycles. The number of para-hydroxylation sites is 1. The average Bonchev–Trinajstić information content (AvgIpc) is 3.44. The van der Waals surface area contributed by atoms with Crippen LogP contribution in [-0.2, 0) is 11.3 Å². The first kappa shape index (κ1) is 19.6. The SMILES string of the molecule is CCN1CCN(Cc2cn(-c3ccccc3)nc2-c2ccc3c(c2)OCO3)[C@@H](C)C1=O. The number of hydrogen-bond acceptors (Lipinski definition) is 5. The van der Waals surface area contributed by atoms with Crippen molar-refractivity contribution in [1.82, 2.24) is 19.6 Å². The third-order valence-corrected chi connectivity index (χ3v) is 6.09. The second kappa shape index (κ2) is 8.07. The number of carbonyl (C=O) groups excluding carboxylic acids is 1. The Hall–Kier alpha value is -3.32. The molecule has 1 saturated heterocycles. The number of benzene rings is 2. The Balaban J connectivity index is 1.51. The van der Waals surface area contributed by atoms with Gasteiger partial charge in [-0.05, 0) is 44.2 Å². The maximum absolute atomic E-state index is 12.7. The first-order valence-electron chi connectivity index (χ1n) is 10.7. The highest BCUT2D eigenvalue weighted by atomic mass is 16.7. The van der Waals surface area contributed by atoms with E-state index in [0.717, 1.165) is 53.6 Å². The van der Waals surface area contributed by atoms with Gasteiger partial charge in [0.05, 0.1) is 17.4 Å². The van der Waals surface area contributed by atoms with Crippen LogP contribution in [-0.4, -0.2) is 58.0 Å². The number of nitrogens with zero attached hydrogens (tertiary/aromatic N) is 4. The Morgan fingerprint density at radius 2 is 1.87 bits per heavy atom. The molecule has 1 aromatic heterocycles. The number of ether oxygens (including phenoxy) is 2. The Bertz CT molecular complexity index is 1100. The van der Waals surface area contributed by atoms with Gasteiger partial charge in [-0.15, -0.1) is 0 Å². The van der Waals surface area contributed by atoms with Crippen LogP contribution in [0.15, 0.2) is 54.7 Å². The lowest BCUT2D eigenvalue weighted by Gasteiger charge is -2.38. The molecule has 1 atom stereocenters. The molecule has 0 N–H and O–H groups in total. The molecule has 5 rings (SSSR count). The third-order valence-electron chi connectivity index (χ3n) is 6.09. The summed E-state index contributed by atoms with van der Waals surface area (Å²) in [6.07, 6.45) is 2.07. The molecule has 3 heterocycles. The zero-order valence-corrected chi connectivity index (χ0v) is 17.8. The Morgan fingerprint density at radius 3 is 2.68 bits per heavy atom. The predicted molar refractivity (Wildman–Crippen MR) is 117 cm³/mol. The number of hydrogen-bond donors (Lipinski definition) is 0. The molecule has 0 aliphatic carbocycles. The largest absolute Gasteiger partial charge is 0.454 e. The highest BCUT2D eigenvalue weighted by molar-refractivity contribution is 5.82. The predicted octanol–water partition coefficient (Wildman–Crippen LogP) is 3.32. The van der Waals surface area contributed by atoms with Crippen molar-refractivity contribution in [3.8, 4) is 28.4 Å². The molecule has 1 fully saturated rings. The average molecular weight is 418 g/mol. The van der Waals surface area contributed by atoms with E-state index in [-0.39, 0.29) is 18.7 Å². The van der Waals surface area contributed by atoms with Gasteiger partial charge in [-0.3, -0.25) is 9.69 Å². The van der Waals surface area contributed by atoms with Gasteiger partial charge in [0.25, 0.3) is 0 Å². The van der Waals surface area contributed by atoms with Gasteiger partial charge in [0.1, 0.15) is 0 Å². The molecule has 2 aliphatic rings. The maximum atomic E-state index is 12.7. The zero-order valence-electron chi connectivity index (χ0n) is 17.8. The van der Waals surface area contributed by atoms with E-state index in [1.165, 1.54) is 0 Å². The minimum absolute atomic E-state index is 0.154. The van der Waals surface area contributed by atoms with Crippen LogP contribution in [0.2, 0.25) is 0 Å². The molecule has 7 nitrogen and oxygen atoms in total. The lowest BCUT2D eigenvalue weighted by molar-refractivity contribution is -0.141. The summed E-state index contributed by atoms with van der Waals surface area (Å²) in [6.45, 7) is 7.27. The fourth-order valence-electron chi connectivity index (χ4n) is 4.25. The van der Waals surface area contributed by atoms with Crippen molar-refractivity contribution in [2.75, 3.05) is 26.4 Å². The van der Waals surface area contributed by atoms with Crippen molar-refractivity contribution in [2.24, 2.45) is 0 Å². The van der Waals surface area contributed by atoms with Crippen LogP contribution in [0.3, 0.4) is 0 Å². The summed E-state index contributed by atoms with van der Waals surface area (Å²) in [5, 5.41) is 4.92. The summed E-state index contributed by atoms with van der Waals surface area (Å²) in [4.78, 5) is 16.9. The first-order valence-corrected chi connectivity index (χ1v) is 10.7. The summed E-state index contributed by atoms with van der Waals surface area (Å²) >= 11 is 0. The molecular weight excluding hydrogens is 392 g/mol. The maximum Gasteiger partial charge on any atom is 0.239 e. The van der Waals surface area contributed by atoms with Gasteiger partial charge in [-0.1, -0.05) is 18.2 Å². The van der Waals surface area contributed by atoms with E-state index in [4.69, 9.17) is 14.6 Å². The fraction of sp³-hybridized carbons (Fsp3) is 0.333. The minimum Gasteiger partial charge on any atom is -0.454 e. The summed E-state index contributed by atoms with van der Waals surface area (Å²) in [6, 6.07) is 15.8. The van der Waals surface area contributed by atoms with Gasteiger partial charge in [0, 0.05) is 43.5 Å². The molecule has 0 spiro atoms. The summed E-state index contributed by atoms with van der Waals surface area (Å²) < 4.78 is 13.0. The standard InChI is InChI=1S/C24H26N4O3/c1-3-26-11-12-27(17(2)24(26)29)14-19-15-28(20-7-5-4-6-8-20)25-23(19)18-9-10-21-22(13-18)31-16-30-21/h4-10,13,15,17H,3,11-12,14,16H2,1-2H3/t17-/m0/s1. The fourth-order valence-corrected chi connectivity index (χ4v) is 4.25. The van der Waals surface area contributed by atoms with E-state index in [1.807, 2.05) is 72.0 Å². The van der Waals surface area contributed by atoms with Gasteiger partial charge >= 0.3 is 0 Å². The van der Waals surface area contributed by atoms with Crippen LogP contribution in [0.4, 0.5) is 0 Å². The molecule has 160 valence electrons. The van der Waals surface area contributed by atoms with E-state index < -0.39 is 0 Å². The van der Waals surface area contributed by atoms with Crippen molar-refractivity contribution in [1.29, 1.82) is 0 Å². The molecule has 0 bridgehead atoms. The number of carbonyl (C=O) groups is 1. The number of amides is 1. The molecule has 0 radical (unpaired) electrons. The highest BCUT2D eigenvalue weighted by Crippen LogP contribution is 2.37. The third kappa shape index (κ3) is 3.65. The Kier molecular flexibility index (Phi) is 5.11. The topological polar surface area (TPSA) is 59.8 Å². The van der Waals surface area contributed by atoms with Gasteiger partial charge in [0.2, 0.25) is 12.7 Å². The van der Waals surface area contributed by atoms with E-state index in [1.54, 1.807) is 0 Å². The van der Waals surface area contributed by atoms with E-state index in [9.17, 15) is 4.79 Å². The van der Waals surface area contributed by atoms with E-state index in [2.05, 4.69) is 11.1 Å². The molecule has 2 aliphatic heterocycles. The molecule has 31 heavy (non-hydrogen) atoms. The summed E-state index contributed by atoms with van der Waals surface area (Å²) in [7, 11) is 0. The number of piperazine rings is 1. The van der Waals surface area contributed by atoms with Crippen LogP contribution in [0.1, 0.15) is 19.4 Å². The van der Waals surface area contributed by atoms with Crippen molar-refractivity contribution >= 4 is 5.91 Å². The molecular formula is C24H26N4O3. The van der Waals surface area contributed by atoms with Gasteiger partial charge in [-0.25, -0.2) is 4.68 Å². The Labute approximate surface area is 181 Å². The van der Waals surface area contributed by atoms with Crippen molar-refractivity contribution in [3.05, 3.63) is 60.3 Å². The molecule has 1 amide bonds. The summed E-state index contributed by atoms with van der Waals surface area (Å²) in [5.74, 6) is 1.68. The minimum atomic E-state index is -0.154. The van der Waals surface area contributed by atoms with Gasteiger partial charge in [0.15, 0.2) is 11.5 Å². The second-order valence-electron chi connectivity index (χ2n) is 7.92. The number of aromatic nitrogens is 2. The molecule has 2 aromatic carbocycles. The molecule has 7 heteroatoms. The summed E-state index contributed by atoms with van der Waals surface area (Å²) in [5.41, 5.74) is 3.93. The van der Waals surface area contributed by atoms with Gasteiger partial charge < -0.3 is 14.4 Å². The van der Waals surface area contributed by atoms with Crippen LogP contribution in [0.25, 0.3) is 16.9 Å². The lowest BCUT2D eigenvalue weighted by Crippen LogP contribution is -2.55. The monoisotopic (exact) mass is 418 g/mol. The Morgan fingerprint density at radius 1 is 1.06 bits per heavy atom. The normalized spacial score (nSPS) is 18.6.